The standard InChI is InChI=1S/C10H15NO2S/c1-12-9-4-3-5-10(14-2)8(9)6-7-13-11/h3-5H,6-7,11H2,1-2H3. The van der Waals surface area contributed by atoms with Gasteiger partial charge in [0.2, 0.25) is 0 Å². The van der Waals surface area contributed by atoms with Crippen LogP contribution in [-0.4, -0.2) is 20.0 Å². The number of ether oxygens (including phenoxy) is 1. The molecule has 0 unspecified atom stereocenters. The number of hydrogen-bond donors (Lipinski definition) is 1. The van der Waals surface area contributed by atoms with Crippen LogP contribution >= 0.6 is 11.8 Å². The van der Waals surface area contributed by atoms with Crippen LogP contribution in [0.1, 0.15) is 5.56 Å². The number of methoxy groups -OCH3 is 1. The van der Waals surface area contributed by atoms with Gasteiger partial charge in [0.1, 0.15) is 5.75 Å². The maximum absolute atomic E-state index is 5.28. The lowest BCUT2D eigenvalue weighted by atomic mass is 10.1. The molecule has 0 radical (unpaired) electrons. The first-order valence-corrected chi connectivity index (χ1v) is 5.57. The molecule has 1 aromatic carbocycles. The molecular formula is C10H15NO2S. The molecule has 0 aliphatic rings. The van der Waals surface area contributed by atoms with Crippen LogP contribution in [0.5, 0.6) is 5.75 Å². The molecule has 4 heteroatoms. The van der Waals surface area contributed by atoms with E-state index >= 15 is 0 Å². The van der Waals surface area contributed by atoms with Crippen molar-refractivity contribution in [3.05, 3.63) is 23.8 Å². The molecule has 0 aliphatic heterocycles. The quantitative estimate of drug-likeness (QED) is 0.599. The van der Waals surface area contributed by atoms with Gasteiger partial charge in [0, 0.05) is 16.9 Å². The second-order valence-corrected chi connectivity index (χ2v) is 3.61. The minimum Gasteiger partial charge on any atom is -0.496 e. The fourth-order valence-electron chi connectivity index (χ4n) is 1.34. The number of benzene rings is 1. The zero-order valence-electron chi connectivity index (χ0n) is 8.45. The number of hydrogen-bond acceptors (Lipinski definition) is 4. The third-order valence-corrected chi connectivity index (χ3v) is 2.82. The van der Waals surface area contributed by atoms with Crippen molar-refractivity contribution in [2.75, 3.05) is 20.0 Å². The predicted molar refractivity (Wildman–Crippen MR) is 58.6 cm³/mol. The molecular weight excluding hydrogens is 198 g/mol. The number of nitrogens with two attached hydrogens (primary N) is 1. The molecule has 2 N–H and O–H groups in total. The highest BCUT2D eigenvalue weighted by atomic mass is 32.2. The number of rotatable bonds is 5. The Labute approximate surface area is 88.5 Å². The van der Waals surface area contributed by atoms with Gasteiger partial charge in [0.05, 0.1) is 13.7 Å². The summed E-state index contributed by atoms with van der Waals surface area (Å²) in [6.07, 6.45) is 2.82. The summed E-state index contributed by atoms with van der Waals surface area (Å²) < 4.78 is 5.28. The normalized spacial score (nSPS) is 10.2. The van der Waals surface area contributed by atoms with E-state index in [4.69, 9.17) is 10.6 Å². The first-order valence-electron chi connectivity index (χ1n) is 4.35. The van der Waals surface area contributed by atoms with Crippen molar-refractivity contribution in [3.8, 4) is 5.75 Å². The Hall–Kier alpha value is -0.710. The summed E-state index contributed by atoms with van der Waals surface area (Å²) in [4.78, 5) is 5.79. The van der Waals surface area contributed by atoms with Gasteiger partial charge in [-0.2, -0.15) is 0 Å². The molecule has 0 saturated carbocycles. The van der Waals surface area contributed by atoms with Crippen LogP contribution in [0.4, 0.5) is 0 Å². The lowest BCUT2D eigenvalue weighted by molar-refractivity contribution is 0.140. The zero-order valence-corrected chi connectivity index (χ0v) is 9.26. The lowest BCUT2D eigenvalue weighted by Gasteiger charge is -2.11. The highest BCUT2D eigenvalue weighted by molar-refractivity contribution is 7.98. The van der Waals surface area contributed by atoms with Gasteiger partial charge < -0.3 is 9.57 Å². The summed E-state index contributed by atoms with van der Waals surface area (Å²) in [5.41, 5.74) is 1.16. The van der Waals surface area contributed by atoms with Gasteiger partial charge in [-0.25, -0.2) is 5.90 Å². The van der Waals surface area contributed by atoms with Crippen molar-refractivity contribution in [2.45, 2.75) is 11.3 Å². The molecule has 1 rings (SSSR count). The van der Waals surface area contributed by atoms with Gasteiger partial charge >= 0.3 is 0 Å². The molecule has 0 saturated heterocycles. The Bertz CT molecular complexity index is 269. The highest BCUT2D eigenvalue weighted by Gasteiger charge is 2.07. The molecule has 3 nitrogen and oxygen atoms in total. The molecule has 78 valence electrons. The SMILES string of the molecule is COc1cccc(SC)c1CCON. The maximum Gasteiger partial charge on any atom is 0.123 e. The lowest BCUT2D eigenvalue weighted by Crippen LogP contribution is -2.05. The summed E-state index contributed by atoms with van der Waals surface area (Å²) in [5.74, 6) is 5.91. The van der Waals surface area contributed by atoms with Gasteiger partial charge in [-0.1, -0.05) is 6.07 Å². The van der Waals surface area contributed by atoms with Crippen LogP contribution in [0.2, 0.25) is 0 Å². The van der Waals surface area contributed by atoms with Crippen molar-refractivity contribution >= 4 is 11.8 Å². The summed E-state index contributed by atoms with van der Waals surface area (Å²) in [7, 11) is 1.67. The second-order valence-electron chi connectivity index (χ2n) is 2.76. The van der Waals surface area contributed by atoms with Gasteiger partial charge in [-0.3, -0.25) is 0 Å². The molecule has 0 bridgehead atoms. The minimum atomic E-state index is 0.508. The smallest absolute Gasteiger partial charge is 0.123 e. The summed E-state index contributed by atoms with van der Waals surface area (Å²) in [6, 6.07) is 6.00. The fourth-order valence-corrected chi connectivity index (χ4v) is 2.00. The average molecular weight is 213 g/mol. The molecule has 0 spiro atoms. The van der Waals surface area contributed by atoms with E-state index in [9.17, 15) is 0 Å². The largest absolute Gasteiger partial charge is 0.496 e. The summed E-state index contributed by atoms with van der Waals surface area (Å²) in [5, 5.41) is 0. The second kappa shape index (κ2) is 5.90. The monoisotopic (exact) mass is 213 g/mol. The van der Waals surface area contributed by atoms with Gasteiger partial charge in [-0.15, -0.1) is 11.8 Å². The Morgan fingerprint density at radius 2 is 2.21 bits per heavy atom. The van der Waals surface area contributed by atoms with Crippen molar-refractivity contribution in [2.24, 2.45) is 5.90 Å². The van der Waals surface area contributed by atoms with E-state index in [0.29, 0.717) is 6.61 Å². The first-order chi connectivity index (χ1) is 6.83. The van der Waals surface area contributed by atoms with Gasteiger partial charge in [0.15, 0.2) is 0 Å². The molecule has 0 heterocycles. The zero-order chi connectivity index (χ0) is 10.4. The Kier molecular flexibility index (Phi) is 4.79. The molecule has 0 aromatic heterocycles. The van der Waals surface area contributed by atoms with E-state index in [2.05, 4.69) is 10.9 Å². The third kappa shape index (κ3) is 2.64. The fraction of sp³-hybridized carbons (Fsp3) is 0.400. The van der Waals surface area contributed by atoms with E-state index in [-0.39, 0.29) is 0 Å². The summed E-state index contributed by atoms with van der Waals surface area (Å²) in [6.45, 7) is 0.508. The molecule has 1 aromatic rings. The van der Waals surface area contributed by atoms with Crippen LogP contribution in [0, 0.1) is 0 Å². The predicted octanol–water partition coefficient (Wildman–Crippen LogP) is 1.85. The molecule has 0 aliphatic carbocycles. The maximum atomic E-state index is 5.28. The molecule has 0 amide bonds. The van der Waals surface area contributed by atoms with Crippen molar-refractivity contribution in [1.82, 2.24) is 0 Å². The van der Waals surface area contributed by atoms with Crippen molar-refractivity contribution < 1.29 is 9.57 Å². The average Bonchev–Trinajstić information content (AvgIpc) is 2.25. The molecule has 14 heavy (non-hydrogen) atoms. The van der Waals surface area contributed by atoms with Gasteiger partial charge in [-0.05, 0) is 18.4 Å². The van der Waals surface area contributed by atoms with Crippen LogP contribution < -0.4 is 10.6 Å². The van der Waals surface area contributed by atoms with E-state index in [1.807, 2.05) is 18.4 Å². The van der Waals surface area contributed by atoms with Crippen molar-refractivity contribution in [3.63, 3.8) is 0 Å². The van der Waals surface area contributed by atoms with Crippen molar-refractivity contribution in [1.29, 1.82) is 0 Å². The Morgan fingerprint density at radius 1 is 1.43 bits per heavy atom. The molecule has 0 atom stereocenters. The number of thioether (sulfide) groups is 1. The summed E-state index contributed by atoms with van der Waals surface area (Å²) >= 11 is 1.70. The topological polar surface area (TPSA) is 44.5 Å². The van der Waals surface area contributed by atoms with Crippen LogP contribution in [-0.2, 0) is 11.3 Å². The Morgan fingerprint density at radius 3 is 2.79 bits per heavy atom. The van der Waals surface area contributed by atoms with E-state index in [0.717, 1.165) is 17.7 Å². The van der Waals surface area contributed by atoms with Crippen LogP contribution in [0.15, 0.2) is 23.1 Å². The van der Waals surface area contributed by atoms with Crippen LogP contribution in [0.3, 0.4) is 0 Å². The minimum absolute atomic E-state index is 0.508. The third-order valence-electron chi connectivity index (χ3n) is 2.00. The first kappa shape index (κ1) is 11.4. The molecule has 0 fully saturated rings. The van der Waals surface area contributed by atoms with E-state index in [1.165, 1.54) is 4.90 Å². The van der Waals surface area contributed by atoms with E-state index < -0.39 is 0 Å². The van der Waals surface area contributed by atoms with Gasteiger partial charge in [0.25, 0.3) is 0 Å². The van der Waals surface area contributed by atoms with Crippen LogP contribution in [0.25, 0.3) is 0 Å². The highest BCUT2D eigenvalue weighted by Crippen LogP contribution is 2.28. The van der Waals surface area contributed by atoms with E-state index in [1.54, 1.807) is 18.9 Å². The Balaban J connectivity index is 2.93.